The number of ether oxygens (including phenoxy) is 2. The lowest BCUT2D eigenvalue weighted by molar-refractivity contribution is -0.139. The maximum absolute atomic E-state index is 12.9. The Morgan fingerprint density at radius 1 is 1.09 bits per heavy atom. The van der Waals surface area contributed by atoms with E-state index in [4.69, 9.17) is 14.6 Å². The number of hydrogen-bond donors (Lipinski definition) is 2. The largest absolute Gasteiger partial charge is 0.494 e. The van der Waals surface area contributed by atoms with Crippen molar-refractivity contribution in [2.24, 2.45) is 0 Å². The minimum Gasteiger partial charge on any atom is -0.494 e. The molecule has 4 rings (SSSR count). The lowest BCUT2D eigenvalue weighted by atomic mass is 9.94. The Bertz CT molecular complexity index is 1200. The molecule has 1 aromatic heterocycles. The molecule has 0 saturated carbocycles. The zero-order valence-electron chi connectivity index (χ0n) is 19.5. The van der Waals surface area contributed by atoms with Gasteiger partial charge in [0.1, 0.15) is 5.75 Å². The van der Waals surface area contributed by atoms with Crippen molar-refractivity contribution < 1.29 is 19.1 Å². The lowest BCUT2D eigenvalue weighted by Gasteiger charge is -2.27. The third-order valence-corrected chi connectivity index (χ3v) is 5.44. The van der Waals surface area contributed by atoms with E-state index in [-0.39, 0.29) is 6.61 Å². The summed E-state index contributed by atoms with van der Waals surface area (Å²) in [6.07, 6.45) is 2.76. The molecule has 8 nitrogen and oxygen atoms in total. The topological polar surface area (TPSA) is 94.5 Å². The van der Waals surface area contributed by atoms with Gasteiger partial charge in [-0.3, -0.25) is 0 Å². The van der Waals surface area contributed by atoms with Gasteiger partial charge in [-0.05, 0) is 56.7 Å². The van der Waals surface area contributed by atoms with Crippen LogP contribution in [0.1, 0.15) is 38.8 Å². The van der Waals surface area contributed by atoms with Crippen LogP contribution in [0.2, 0.25) is 0 Å². The highest BCUT2D eigenvalue weighted by molar-refractivity contribution is 5.95. The number of hydrogen-bond acceptors (Lipinski definition) is 5. The minimum absolute atomic E-state index is 0.228. The molecule has 8 heteroatoms. The smallest absolute Gasteiger partial charge is 0.338 e. The van der Waals surface area contributed by atoms with Crippen molar-refractivity contribution in [3.63, 3.8) is 0 Å². The summed E-state index contributed by atoms with van der Waals surface area (Å²) >= 11 is 0. The molecule has 0 spiro atoms. The summed E-state index contributed by atoms with van der Waals surface area (Å²) in [5, 5.41) is 10.4. The molecule has 0 radical (unpaired) electrons. The first kappa shape index (κ1) is 23.1. The van der Waals surface area contributed by atoms with Crippen molar-refractivity contribution in [1.29, 1.82) is 0 Å². The highest BCUT2D eigenvalue weighted by Crippen LogP contribution is 2.35. The third kappa shape index (κ3) is 4.80. The molecule has 34 heavy (non-hydrogen) atoms. The predicted molar refractivity (Wildman–Crippen MR) is 129 cm³/mol. The van der Waals surface area contributed by atoms with Crippen LogP contribution in [0.15, 0.2) is 72.1 Å². The van der Waals surface area contributed by atoms with Crippen LogP contribution in [0, 0.1) is 0 Å². The highest BCUT2D eigenvalue weighted by atomic mass is 16.5. The molecule has 2 heterocycles. The van der Waals surface area contributed by atoms with E-state index in [0.717, 1.165) is 23.4 Å². The fourth-order valence-electron chi connectivity index (χ4n) is 3.87. The normalized spacial score (nSPS) is 15.5. The Hall–Kier alpha value is -4.07. The van der Waals surface area contributed by atoms with Crippen molar-refractivity contribution in [2.75, 3.05) is 13.2 Å². The van der Waals surface area contributed by atoms with Gasteiger partial charge in [0.25, 0.3) is 0 Å². The Kier molecular flexibility index (Phi) is 6.96. The summed E-state index contributed by atoms with van der Waals surface area (Å²) in [5.74, 6) is 0.284. The standard InChI is InChI=1S/C26H28N4O4/c1-4-15-34-20-13-11-18(12-14-20)23-21(16-30(29-23)19-9-7-6-8-10-19)24-22(25(31)33-5-2)17(3)27-26(32)28-24/h6-14,16,24H,4-5,15H2,1-3H3,(H2,27,28,32)/t24-/m0/s1. The van der Waals surface area contributed by atoms with Crippen LogP contribution in [0.5, 0.6) is 5.75 Å². The maximum Gasteiger partial charge on any atom is 0.338 e. The molecule has 0 bridgehead atoms. The van der Waals surface area contributed by atoms with Gasteiger partial charge < -0.3 is 20.1 Å². The number of benzene rings is 2. The third-order valence-electron chi connectivity index (χ3n) is 5.44. The summed E-state index contributed by atoms with van der Waals surface area (Å²) in [4.78, 5) is 25.3. The molecular weight excluding hydrogens is 432 g/mol. The number of carbonyl (C=O) groups excluding carboxylic acids is 2. The van der Waals surface area contributed by atoms with Gasteiger partial charge in [0, 0.05) is 23.0 Å². The van der Waals surface area contributed by atoms with E-state index in [1.807, 2.05) is 60.8 Å². The zero-order chi connectivity index (χ0) is 24.1. The van der Waals surface area contributed by atoms with E-state index in [0.29, 0.717) is 29.1 Å². The van der Waals surface area contributed by atoms with Gasteiger partial charge in [-0.1, -0.05) is 25.1 Å². The summed E-state index contributed by atoms with van der Waals surface area (Å²) in [6.45, 7) is 6.37. The average molecular weight is 461 g/mol. The molecule has 1 aliphatic heterocycles. The van der Waals surface area contributed by atoms with Crippen LogP contribution in [0.25, 0.3) is 16.9 Å². The number of carbonyl (C=O) groups is 2. The number of amides is 2. The first-order valence-electron chi connectivity index (χ1n) is 11.4. The molecule has 2 aromatic carbocycles. The SMILES string of the molecule is CCCOc1ccc(-c2nn(-c3ccccc3)cc2[C@@H]2NC(=O)NC(C)=C2C(=O)OCC)cc1. The van der Waals surface area contributed by atoms with E-state index in [1.54, 1.807) is 18.5 Å². The van der Waals surface area contributed by atoms with E-state index in [2.05, 4.69) is 17.6 Å². The summed E-state index contributed by atoms with van der Waals surface area (Å²) in [6, 6.07) is 16.2. The summed E-state index contributed by atoms with van der Waals surface area (Å²) in [7, 11) is 0. The van der Waals surface area contributed by atoms with Crippen LogP contribution in [0.4, 0.5) is 4.79 Å². The van der Waals surface area contributed by atoms with Crippen molar-refractivity contribution in [3.05, 3.63) is 77.6 Å². The Morgan fingerprint density at radius 2 is 1.82 bits per heavy atom. The van der Waals surface area contributed by atoms with Crippen LogP contribution >= 0.6 is 0 Å². The van der Waals surface area contributed by atoms with Gasteiger partial charge in [-0.15, -0.1) is 0 Å². The van der Waals surface area contributed by atoms with Gasteiger partial charge in [-0.2, -0.15) is 5.10 Å². The second-order valence-corrected chi connectivity index (χ2v) is 7.88. The molecule has 3 aromatic rings. The fraction of sp³-hybridized carbons (Fsp3) is 0.269. The number of para-hydroxylation sites is 1. The molecule has 1 aliphatic rings. The molecular formula is C26H28N4O4. The van der Waals surface area contributed by atoms with E-state index in [9.17, 15) is 9.59 Å². The molecule has 2 N–H and O–H groups in total. The van der Waals surface area contributed by atoms with Crippen LogP contribution in [-0.4, -0.2) is 35.0 Å². The van der Waals surface area contributed by atoms with Gasteiger partial charge in [0.2, 0.25) is 0 Å². The second kappa shape index (κ2) is 10.2. The first-order chi connectivity index (χ1) is 16.5. The first-order valence-corrected chi connectivity index (χ1v) is 11.4. The summed E-state index contributed by atoms with van der Waals surface area (Å²) in [5.41, 5.74) is 3.82. The van der Waals surface area contributed by atoms with E-state index in [1.165, 1.54) is 0 Å². The van der Waals surface area contributed by atoms with Crippen LogP contribution in [-0.2, 0) is 9.53 Å². The fourth-order valence-corrected chi connectivity index (χ4v) is 3.87. The van der Waals surface area contributed by atoms with Gasteiger partial charge >= 0.3 is 12.0 Å². The number of aromatic nitrogens is 2. The Morgan fingerprint density at radius 3 is 2.50 bits per heavy atom. The highest BCUT2D eigenvalue weighted by Gasteiger charge is 2.35. The van der Waals surface area contributed by atoms with E-state index >= 15 is 0 Å². The minimum atomic E-state index is -0.726. The van der Waals surface area contributed by atoms with Crippen LogP contribution < -0.4 is 15.4 Å². The molecule has 0 saturated heterocycles. The number of urea groups is 1. The number of nitrogens with one attached hydrogen (secondary N) is 2. The Labute approximate surface area is 198 Å². The quantitative estimate of drug-likeness (QED) is 0.482. The van der Waals surface area contributed by atoms with Crippen molar-refractivity contribution in [1.82, 2.24) is 20.4 Å². The number of esters is 1. The maximum atomic E-state index is 12.9. The van der Waals surface area contributed by atoms with Gasteiger partial charge in [0.15, 0.2) is 0 Å². The molecule has 176 valence electrons. The molecule has 0 aliphatic carbocycles. The Balaban J connectivity index is 1.83. The number of allylic oxidation sites excluding steroid dienone is 1. The number of nitrogens with zero attached hydrogens (tertiary/aromatic N) is 2. The molecule has 1 atom stereocenters. The van der Waals surface area contributed by atoms with E-state index < -0.39 is 18.0 Å². The molecule has 2 amide bonds. The van der Waals surface area contributed by atoms with Crippen molar-refractivity contribution >= 4 is 12.0 Å². The molecule has 0 unspecified atom stereocenters. The average Bonchev–Trinajstić information content (AvgIpc) is 3.29. The predicted octanol–water partition coefficient (Wildman–Crippen LogP) is 4.52. The number of rotatable bonds is 8. The lowest BCUT2D eigenvalue weighted by Crippen LogP contribution is -2.45. The van der Waals surface area contributed by atoms with Gasteiger partial charge in [0.05, 0.1) is 36.2 Å². The second-order valence-electron chi connectivity index (χ2n) is 7.88. The van der Waals surface area contributed by atoms with Gasteiger partial charge in [-0.25, -0.2) is 14.3 Å². The van der Waals surface area contributed by atoms with Crippen LogP contribution in [0.3, 0.4) is 0 Å². The summed E-state index contributed by atoms with van der Waals surface area (Å²) < 4.78 is 12.8. The van der Waals surface area contributed by atoms with Crippen molar-refractivity contribution in [3.8, 4) is 22.7 Å². The monoisotopic (exact) mass is 460 g/mol. The molecule has 0 fully saturated rings. The zero-order valence-corrected chi connectivity index (χ0v) is 19.5. The van der Waals surface area contributed by atoms with Crippen molar-refractivity contribution in [2.45, 2.75) is 33.2 Å².